The minimum atomic E-state index is -1.02. The molecule has 0 radical (unpaired) electrons. The van der Waals surface area contributed by atoms with E-state index >= 15 is 0 Å². The molecular weight excluding hydrogens is 639 g/mol. The number of hydrogen-bond donors (Lipinski definition) is 3. The van der Waals surface area contributed by atoms with E-state index in [1.165, 1.54) is 0 Å². The molecule has 0 fully saturated rings. The van der Waals surface area contributed by atoms with Crippen molar-refractivity contribution in [3.8, 4) is 17.2 Å². The Bertz CT molecular complexity index is 752. The molecule has 2 aromatic rings. The van der Waals surface area contributed by atoms with Crippen LogP contribution in [0.15, 0.2) is 30.3 Å². The Morgan fingerprint density at radius 3 is 2.39 bits per heavy atom. The number of carbonyl (C=O) groups is 1. The number of nitrogens with two attached hydrogens (primary N) is 1. The fourth-order valence-corrected chi connectivity index (χ4v) is 3.73. The maximum atomic E-state index is 10.9. The van der Waals surface area contributed by atoms with Gasteiger partial charge in [0.2, 0.25) is 0 Å². The highest BCUT2D eigenvalue weighted by atomic mass is 127. The Morgan fingerprint density at radius 1 is 1.13 bits per heavy atom. The third kappa shape index (κ3) is 4.82. The molecule has 0 heterocycles. The Balaban J connectivity index is 2.28. The summed E-state index contributed by atoms with van der Waals surface area (Å²) in [5.41, 5.74) is 6.47. The van der Waals surface area contributed by atoms with Crippen LogP contribution in [-0.2, 0) is 11.2 Å². The molecule has 2 rings (SSSR count). The molecule has 0 aliphatic carbocycles. The number of aliphatic carboxylic acids is 1. The van der Waals surface area contributed by atoms with Gasteiger partial charge in [0.25, 0.3) is 0 Å². The summed E-state index contributed by atoms with van der Waals surface area (Å²) >= 11 is 6.43. The number of carboxylic acids is 1. The van der Waals surface area contributed by atoms with E-state index in [1.807, 2.05) is 6.07 Å². The van der Waals surface area contributed by atoms with Gasteiger partial charge < -0.3 is 20.7 Å². The number of aromatic hydroxyl groups is 1. The van der Waals surface area contributed by atoms with E-state index in [4.69, 9.17) is 15.6 Å². The number of benzene rings is 2. The molecule has 0 aromatic heterocycles. The van der Waals surface area contributed by atoms with Gasteiger partial charge in [0.05, 0.1) is 7.14 Å². The number of phenolic OH excluding ortho intramolecular Hbond substituents is 1. The van der Waals surface area contributed by atoms with Gasteiger partial charge in [0.15, 0.2) is 0 Å². The molecule has 23 heavy (non-hydrogen) atoms. The van der Waals surface area contributed by atoms with Crippen LogP contribution in [0.1, 0.15) is 5.56 Å². The number of carboxylic acid groups (broad SMARTS) is 1. The van der Waals surface area contributed by atoms with Crippen molar-refractivity contribution >= 4 is 73.7 Å². The first-order chi connectivity index (χ1) is 10.8. The molecule has 0 saturated carbocycles. The topological polar surface area (TPSA) is 92.8 Å². The second kappa shape index (κ2) is 8.16. The van der Waals surface area contributed by atoms with Crippen molar-refractivity contribution < 1.29 is 19.7 Å². The fraction of sp³-hybridized carbons (Fsp3) is 0.133. The lowest BCUT2D eigenvalue weighted by Gasteiger charge is -2.14. The summed E-state index contributed by atoms with van der Waals surface area (Å²) in [6.45, 7) is 0. The Kier molecular flexibility index (Phi) is 6.74. The van der Waals surface area contributed by atoms with Crippen molar-refractivity contribution in [2.75, 3.05) is 0 Å². The molecule has 0 amide bonds. The van der Waals surface area contributed by atoms with Crippen LogP contribution < -0.4 is 10.5 Å². The van der Waals surface area contributed by atoms with E-state index in [0.717, 1.165) is 16.3 Å². The molecular formula is C15H12I3NO4. The third-order valence-corrected chi connectivity index (χ3v) is 7.20. The van der Waals surface area contributed by atoms with E-state index in [9.17, 15) is 9.90 Å². The number of rotatable bonds is 5. The van der Waals surface area contributed by atoms with Crippen molar-refractivity contribution in [1.82, 2.24) is 0 Å². The first-order valence-electron chi connectivity index (χ1n) is 6.41. The van der Waals surface area contributed by atoms with Gasteiger partial charge in [-0.3, -0.25) is 4.79 Å². The zero-order valence-electron chi connectivity index (χ0n) is 11.6. The van der Waals surface area contributed by atoms with E-state index < -0.39 is 12.0 Å². The summed E-state index contributed by atoms with van der Waals surface area (Å²) in [6, 6.07) is 7.59. The number of hydrogen-bond acceptors (Lipinski definition) is 4. The maximum Gasteiger partial charge on any atom is 0.320 e. The normalized spacial score (nSPS) is 12.0. The van der Waals surface area contributed by atoms with Crippen LogP contribution in [0.3, 0.4) is 0 Å². The van der Waals surface area contributed by atoms with Crippen molar-refractivity contribution in [3.63, 3.8) is 0 Å². The van der Waals surface area contributed by atoms with Crippen molar-refractivity contribution in [3.05, 3.63) is 46.6 Å². The van der Waals surface area contributed by atoms with Gasteiger partial charge >= 0.3 is 5.97 Å². The van der Waals surface area contributed by atoms with E-state index in [1.54, 1.807) is 24.3 Å². The van der Waals surface area contributed by atoms with Crippen molar-refractivity contribution in [1.29, 1.82) is 0 Å². The highest BCUT2D eigenvalue weighted by Gasteiger charge is 2.17. The second-order valence-corrected chi connectivity index (χ2v) is 8.04. The lowest BCUT2D eigenvalue weighted by molar-refractivity contribution is -0.138. The minimum Gasteiger partial charge on any atom is -0.508 e. The summed E-state index contributed by atoms with van der Waals surface area (Å²) in [6.07, 6.45) is 0.265. The van der Waals surface area contributed by atoms with Gasteiger partial charge in [0.1, 0.15) is 23.3 Å². The summed E-state index contributed by atoms with van der Waals surface area (Å²) in [5.74, 6) is 0.483. The molecule has 0 spiro atoms. The average Bonchev–Trinajstić information content (AvgIpc) is 2.49. The van der Waals surface area contributed by atoms with Crippen molar-refractivity contribution in [2.24, 2.45) is 5.73 Å². The molecule has 0 bridgehead atoms. The summed E-state index contributed by atoms with van der Waals surface area (Å²) in [4.78, 5) is 10.9. The van der Waals surface area contributed by atoms with E-state index in [-0.39, 0.29) is 12.2 Å². The van der Waals surface area contributed by atoms with Gasteiger partial charge in [-0.1, -0.05) is 6.07 Å². The summed E-state index contributed by atoms with van der Waals surface area (Å²) in [7, 11) is 0. The van der Waals surface area contributed by atoms with Gasteiger partial charge in [-0.05, 0) is 104 Å². The zero-order valence-corrected chi connectivity index (χ0v) is 18.1. The molecule has 8 heteroatoms. The van der Waals surface area contributed by atoms with Crippen LogP contribution in [0.2, 0.25) is 0 Å². The molecule has 0 aliphatic heterocycles. The Hall–Kier alpha value is -0.340. The largest absolute Gasteiger partial charge is 0.508 e. The van der Waals surface area contributed by atoms with Gasteiger partial charge in [-0.25, -0.2) is 0 Å². The first kappa shape index (κ1) is 19.0. The van der Waals surface area contributed by atoms with E-state index in [2.05, 4.69) is 67.8 Å². The predicted octanol–water partition coefficient (Wildman–Crippen LogP) is 3.95. The lowest BCUT2D eigenvalue weighted by Crippen LogP contribution is -2.32. The first-order valence-corrected chi connectivity index (χ1v) is 9.65. The van der Waals surface area contributed by atoms with Crippen LogP contribution in [0.25, 0.3) is 0 Å². The molecule has 122 valence electrons. The second-order valence-electron chi connectivity index (χ2n) is 4.72. The number of phenols is 1. The monoisotopic (exact) mass is 651 g/mol. The summed E-state index contributed by atoms with van der Waals surface area (Å²) < 4.78 is 8.51. The van der Waals surface area contributed by atoms with Gasteiger partial charge in [-0.15, -0.1) is 0 Å². The standard InChI is InChI=1S/C15H12I3NO4/c16-9-6-8(20)2-4-11(9)23-12-3-1-7(13(17)14(12)18)5-10(19)15(21)22/h1-4,6,10,20H,5,19H2,(H,21,22)/t10-/m0/s1. The highest BCUT2D eigenvalue weighted by Crippen LogP contribution is 2.35. The van der Waals surface area contributed by atoms with Crippen LogP contribution in [0, 0.1) is 10.7 Å². The predicted molar refractivity (Wildman–Crippen MR) is 112 cm³/mol. The molecule has 5 nitrogen and oxygen atoms in total. The Morgan fingerprint density at radius 2 is 1.78 bits per heavy atom. The molecule has 1 atom stereocenters. The average molecular weight is 651 g/mol. The molecule has 0 unspecified atom stereocenters. The summed E-state index contributed by atoms with van der Waals surface area (Å²) in [5, 5.41) is 18.4. The fourth-order valence-electron chi connectivity index (χ4n) is 1.82. The van der Waals surface area contributed by atoms with Crippen molar-refractivity contribution in [2.45, 2.75) is 12.5 Å². The highest BCUT2D eigenvalue weighted by molar-refractivity contribution is 14.1. The van der Waals surface area contributed by atoms with E-state index in [0.29, 0.717) is 11.5 Å². The van der Waals surface area contributed by atoms with Crippen LogP contribution >= 0.6 is 67.8 Å². The molecule has 2 aromatic carbocycles. The van der Waals surface area contributed by atoms with Crippen LogP contribution in [0.4, 0.5) is 0 Å². The number of halogens is 3. The quantitative estimate of drug-likeness (QED) is 0.427. The third-order valence-electron chi connectivity index (χ3n) is 3.02. The Labute approximate surface area is 174 Å². The SMILES string of the molecule is N[C@@H](Cc1ccc(Oc2ccc(O)cc2I)c(I)c1I)C(=O)O. The number of ether oxygens (including phenoxy) is 1. The van der Waals surface area contributed by atoms with Crippen LogP contribution in [-0.4, -0.2) is 22.2 Å². The van der Waals surface area contributed by atoms with Gasteiger partial charge in [0, 0.05) is 3.57 Å². The molecule has 0 saturated heterocycles. The minimum absolute atomic E-state index is 0.184. The van der Waals surface area contributed by atoms with Gasteiger partial charge in [-0.2, -0.15) is 0 Å². The smallest absolute Gasteiger partial charge is 0.320 e. The molecule has 4 N–H and O–H groups in total. The zero-order chi connectivity index (χ0) is 17.1. The lowest BCUT2D eigenvalue weighted by atomic mass is 10.1. The maximum absolute atomic E-state index is 10.9. The molecule has 0 aliphatic rings. The van der Waals surface area contributed by atoms with Crippen LogP contribution in [0.5, 0.6) is 17.2 Å².